The van der Waals surface area contributed by atoms with Gasteiger partial charge in [0.2, 0.25) is 0 Å². The van der Waals surface area contributed by atoms with Crippen LogP contribution in [-0.2, 0) is 4.79 Å². The van der Waals surface area contributed by atoms with Gasteiger partial charge in [0, 0.05) is 6.54 Å². The number of hydrogen-bond acceptors (Lipinski definition) is 3. The number of amides is 1. The minimum atomic E-state index is -0.464. The van der Waals surface area contributed by atoms with E-state index < -0.39 is 6.10 Å². The summed E-state index contributed by atoms with van der Waals surface area (Å²) in [6.45, 7) is 8.95. The lowest BCUT2D eigenvalue weighted by Crippen LogP contribution is -2.38. The maximum absolute atomic E-state index is 12.2. The third kappa shape index (κ3) is 5.54. The first-order valence-corrected chi connectivity index (χ1v) is 8.66. The predicted octanol–water partition coefficient (Wildman–Crippen LogP) is 2.92. The molecule has 1 unspecified atom stereocenters. The van der Waals surface area contributed by atoms with E-state index in [1.54, 1.807) is 0 Å². The maximum atomic E-state index is 12.2. The highest BCUT2D eigenvalue weighted by molar-refractivity contribution is 5.80. The Morgan fingerprint density at radius 3 is 2.70 bits per heavy atom. The second kappa shape index (κ2) is 8.34. The zero-order valence-corrected chi connectivity index (χ0v) is 14.9. The molecule has 4 heteroatoms. The number of aryl methyl sites for hydroxylation is 2. The fourth-order valence-electron chi connectivity index (χ4n) is 3.07. The van der Waals surface area contributed by atoms with E-state index in [-0.39, 0.29) is 5.91 Å². The van der Waals surface area contributed by atoms with Crippen molar-refractivity contribution in [1.29, 1.82) is 0 Å². The molecule has 1 fully saturated rings. The third-order valence-corrected chi connectivity index (χ3v) is 4.69. The van der Waals surface area contributed by atoms with Gasteiger partial charge in [-0.1, -0.05) is 17.7 Å². The van der Waals surface area contributed by atoms with Gasteiger partial charge in [-0.3, -0.25) is 4.79 Å². The van der Waals surface area contributed by atoms with E-state index in [0.717, 1.165) is 30.2 Å². The number of rotatable bonds is 6. The van der Waals surface area contributed by atoms with E-state index in [4.69, 9.17) is 4.74 Å². The first kappa shape index (κ1) is 17.8. The first-order valence-electron chi connectivity index (χ1n) is 8.66. The van der Waals surface area contributed by atoms with Crippen LogP contribution in [0.4, 0.5) is 0 Å². The molecule has 2 rings (SSSR count). The Morgan fingerprint density at radius 2 is 2.04 bits per heavy atom. The summed E-state index contributed by atoms with van der Waals surface area (Å²) >= 11 is 0. The minimum absolute atomic E-state index is 0.0297. The molecule has 1 aromatic carbocycles. The van der Waals surface area contributed by atoms with Gasteiger partial charge in [-0.25, -0.2) is 0 Å². The van der Waals surface area contributed by atoms with Crippen molar-refractivity contribution in [2.75, 3.05) is 26.7 Å². The Labute approximate surface area is 140 Å². The smallest absolute Gasteiger partial charge is 0.260 e. The van der Waals surface area contributed by atoms with Crippen LogP contribution in [0.3, 0.4) is 0 Å². The van der Waals surface area contributed by atoms with E-state index in [9.17, 15) is 4.79 Å². The van der Waals surface area contributed by atoms with E-state index in [1.807, 2.05) is 26.0 Å². The lowest BCUT2D eigenvalue weighted by atomic mass is 9.94. The van der Waals surface area contributed by atoms with Crippen LogP contribution < -0.4 is 10.1 Å². The number of nitrogens with zero attached hydrogens (tertiary/aromatic N) is 1. The monoisotopic (exact) mass is 318 g/mol. The highest BCUT2D eigenvalue weighted by Gasteiger charge is 2.18. The Bertz CT molecular complexity index is 522. The predicted molar refractivity (Wildman–Crippen MR) is 93.9 cm³/mol. The second-order valence-corrected chi connectivity index (χ2v) is 6.86. The quantitative estimate of drug-likeness (QED) is 0.877. The molecule has 1 saturated heterocycles. The SMILES string of the molecule is Cc1ccc(OC(C)C(=O)NCCC2CCN(C)CC2)c(C)c1. The second-order valence-electron chi connectivity index (χ2n) is 6.86. The third-order valence-electron chi connectivity index (χ3n) is 4.69. The van der Waals surface area contributed by atoms with Crippen LogP contribution in [-0.4, -0.2) is 43.6 Å². The summed E-state index contributed by atoms with van der Waals surface area (Å²) in [6.07, 6.45) is 3.08. The average molecular weight is 318 g/mol. The van der Waals surface area contributed by atoms with Crippen molar-refractivity contribution in [3.63, 3.8) is 0 Å². The van der Waals surface area contributed by atoms with Crippen molar-refractivity contribution in [3.8, 4) is 5.75 Å². The number of benzene rings is 1. The van der Waals surface area contributed by atoms with Crippen LogP contribution >= 0.6 is 0 Å². The van der Waals surface area contributed by atoms with E-state index in [2.05, 4.69) is 30.3 Å². The van der Waals surface area contributed by atoms with Gasteiger partial charge < -0.3 is 15.0 Å². The summed E-state index contributed by atoms with van der Waals surface area (Å²) in [4.78, 5) is 14.5. The maximum Gasteiger partial charge on any atom is 0.260 e. The van der Waals surface area contributed by atoms with Gasteiger partial charge in [-0.2, -0.15) is 0 Å². The molecule has 0 aliphatic carbocycles. The zero-order valence-electron chi connectivity index (χ0n) is 14.9. The summed E-state index contributed by atoms with van der Waals surface area (Å²) in [5.74, 6) is 1.49. The van der Waals surface area contributed by atoms with E-state index >= 15 is 0 Å². The molecule has 23 heavy (non-hydrogen) atoms. The van der Waals surface area contributed by atoms with Gasteiger partial charge in [0.1, 0.15) is 5.75 Å². The lowest BCUT2D eigenvalue weighted by Gasteiger charge is -2.29. The average Bonchev–Trinajstić information content (AvgIpc) is 2.51. The first-order chi connectivity index (χ1) is 11.0. The molecule has 0 aromatic heterocycles. The van der Waals surface area contributed by atoms with Crippen LogP contribution in [0.1, 0.15) is 37.3 Å². The molecule has 1 N–H and O–H groups in total. The van der Waals surface area contributed by atoms with E-state index in [1.165, 1.54) is 31.5 Å². The molecule has 1 aliphatic rings. The van der Waals surface area contributed by atoms with Crippen LogP contribution in [0.5, 0.6) is 5.75 Å². The van der Waals surface area contributed by atoms with Crippen molar-refractivity contribution < 1.29 is 9.53 Å². The van der Waals surface area contributed by atoms with Crippen molar-refractivity contribution in [2.24, 2.45) is 5.92 Å². The number of carbonyl (C=O) groups is 1. The van der Waals surface area contributed by atoms with Gasteiger partial charge in [-0.05, 0) is 77.7 Å². The normalized spacial score (nSPS) is 17.7. The summed E-state index contributed by atoms with van der Waals surface area (Å²) in [7, 11) is 2.17. The fraction of sp³-hybridized carbons (Fsp3) is 0.632. The van der Waals surface area contributed by atoms with Crippen LogP contribution in [0.25, 0.3) is 0 Å². The molecule has 4 nitrogen and oxygen atoms in total. The molecule has 1 aliphatic heterocycles. The molecule has 1 heterocycles. The number of ether oxygens (including phenoxy) is 1. The molecule has 1 aromatic rings. The van der Waals surface area contributed by atoms with Crippen LogP contribution in [0.2, 0.25) is 0 Å². The summed E-state index contributed by atoms with van der Waals surface area (Å²) in [5.41, 5.74) is 2.26. The highest BCUT2D eigenvalue weighted by atomic mass is 16.5. The zero-order chi connectivity index (χ0) is 16.8. The molecule has 128 valence electrons. The Kier molecular flexibility index (Phi) is 6.46. The molecular formula is C19H30N2O2. The number of nitrogens with one attached hydrogen (secondary N) is 1. The Hall–Kier alpha value is -1.55. The van der Waals surface area contributed by atoms with Crippen molar-refractivity contribution >= 4 is 5.91 Å². The number of likely N-dealkylation sites (tertiary alicyclic amines) is 1. The molecule has 0 bridgehead atoms. The summed E-state index contributed by atoms with van der Waals surface area (Å²) in [6, 6.07) is 6.01. The molecule has 0 saturated carbocycles. The molecule has 0 spiro atoms. The van der Waals surface area contributed by atoms with Crippen LogP contribution in [0.15, 0.2) is 18.2 Å². The van der Waals surface area contributed by atoms with Crippen molar-refractivity contribution in [2.45, 2.75) is 46.1 Å². The van der Waals surface area contributed by atoms with Gasteiger partial charge in [-0.15, -0.1) is 0 Å². The summed E-state index contributed by atoms with van der Waals surface area (Å²) < 4.78 is 5.80. The van der Waals surface area contributed by atoms with Crippen molar-refractivity contribution in [1.82, 2.24) is 10.2 Å². The topological polar surface area (TPSA) is 41.6 Å². The number of carbonyl (C=O) groups excluding carboxylic acids is 1. The van der Waals surface area contributed by atoms with Gasteiger partial charge in [0.15, 0.2) is 6.10 Å². The molecule has 0 radical (unpaired) electrons. The number of piperidine rings is 1. The largest absolute Gasteiger partial charge is 0.481 e. The van der Waals surface area contributed by atoms with E-state index in [0.29, 0.717) is 0 Å². The standard InChI is InChI=1S/C19H30N2O2/c1-14-5-6-18(15(2)13-14)23-16(3)19(22)20-10-7-17-8-11-21(4)12-9-17/h5-6,13,16-17H,7-12H2,1-4H3,(H,20,22). The molecule has 1 amide bonds. The van der Waals surface area contributed by atoms with Gasteiger partial charge >= 0.3 is 0 Å². The van der Waals surface area contributed by atoms with Crippen molar-refractivity contribution in [3.05, 3.63) is 29.3 Å². The summed E-state index contributed by atoms with van der Waals surface area (Å²) in [5, 5.41) is 3.01. The van der Waals surface area contributed by atoms with Gasteiger partial charge in [0.25, 0.3) is 5.91 Å². The Morgan fingerprint density at radius 1 is 1.35 bits per heavy atom. The number of hydrogen-bond donors (Lipinski definition) is 1. The fourth-order valence-corrected chi connectivity index (χ4v) is 3.07. The Balaban J connectivity index is 1.72. The van der Waals surface area contributed by atoms with Gasteiger partial charge in [0.05, 0.1) is 0 Å². The minimum Gasteiger partial charge on any atom is -0.481 e. The lowest BCUT2D eigenvalue weighted by molar-refractivity contribution is -0.127. The molecule has 1 atom stereocenters. The molecular weight excluding hydrogens is 288 g/mol. The van der Waals surface area contributed by atoms with Crippen LogP contribution in [0, 0.1) is 19.8 Å². The highest BCUT2D eigenvalue weighted by Crippen LogP contribution is 2.20.